The van der Waals surface area contributed by atoms with Gasteiger partial charge in [-0.2, -0.15) is 0 Å². The summed E-state index contributed by atoms with van der Waals surface area (Å²) in [6, 6.07) is 3.44. The fraction of sp³-hybridized carbons (Fsp3) is 0.438. The Bertz CT molecular complexity index is 798. The van der Waals surface area contributed by atoms with Crippen molar-refractivity contribution in [2.75, 3.05) is 7.11 Å². The molecule has 0 amide bonds. The van der Waals surface area contributed by atoms with Crippen LogP contribution in [0.3, 0.4) is 0 Å². The van der Waals surface area contributed by atoms with Crippen molar-refractivity contribution in [3.05, 3.63) is 29.7 Å². The summed E-state index contributed by atoms with van der Waals surface area (Å²) in [7, 11) is 0.941. The Kier molecular flexibility index (Phi) is 3.54. The fourth-order valence-electron chi connectivity index (χ4n) is 2.43. The minimum atomic E-state index is -0.591. The minimum Gasteiger partial charge on any atom is -0.480 e. The third-order valence-corrected chi connectivity index (χ3v) is 4.48. The molecule has 1 aliphatic heterocycles. The molecule has 23 heavy (non-hydrogen) atoms. The second kappa shape index (κ2) is 5.19. The third kappa shape index (κ3) is 2.54. The molecule has 0 radical (unpaired) electrons. The monoisotopic (exact) mass is 311 g/mol. The second-order valence-electron chi connectivity index (χ2n) is 6.52. The molecule has 2 heterocycles. The summed E-state index contributed by atoms with van der Waals surface area (Å²) in [6.45, 7) is 15.3. The molecule has 3 rings (SSSR count). The first-order chi connectivity index (χ1) is 10.8. The number of hydrogen-bond donors (Lipinski definition) is 0. The number of benzene rings is 1. The van der Waals surface area contributed by atoms with Crippen molar-refractivity contribution in [2.45, 2.75) is 38.9 Å². The van der Waals surface area contributed by atoms with Crippen LogP contribution in [0.25, 0.3) is 15.9 Å². The van der Waals surface area contributed by atoms with Gasteiger partial charge in [0.25, 0.3) is 0 Å². The maximum atomic E-state index is 7.30. The molecule has 1 aliphatic rings. The molecule has 1 fully saturated rings. The van der Waals surface area contributed by atoms with Crippen LogP contribution < -0.4 is 10.2 Å². The van der Waals surface area contributed by atoms with Crippen LogP contribution in [0.2, 0.25) is 0 Å². The quantitative estimate of drug-likeness (QED) is 0.630. The summed E-state index contributed by atoms with van der Waals surface area (Å²) < 4.78 is 17.3. The lowest BCUT2D eigenvalue weighted by Crippen LogP contribution is -2.41. The number of hydrogen-bond acceptors (Lipinski definition) is 5. The Hall–Kier alpha value is -2.17. The number of methoxy groups -OCH3 is 1. The molecule has 0 N–H and O–H groups in total. The number of fused-ring (bicyclic) bond motifs is 1. The molecular weight excluding hydrogens is 293 g/mol. The van der Waals surface area contributed by atoms with Gasteiger partial charge in [0, 0.05) is 0 Å². The standard InChI is InChI=1S/C16H18BN3O3/c1-15(2)16(3,4)23-17(22-15)11-7-10(18-5)8-12-14(11)19-9-13(20-12)21-6/h7-9H,1-4,6H3. The van der Waals surface area contributed by atoms with Gasteiger partial charge in [0.05, 0.1) is 42.1 Å². The highest BCUT2D eigenvalue weighted by Crippen LogP contribution is 2.37. The summed E-state index contributed by atoms with van der Waals surface area (Å²) in [5, 5.41) is 0. The van der Waals surface area contributed by atoms with E-state index < -0.39 is 18.3 Å². The molecule has 2 aromatic rings. The molecule has 118 valence electrons. The zero-order valence-electron chi connectivity index (χ0n) is 13.9. The summed E-state index contributed by atoms with van der Waals surface area (Å²) >= 11 is 0. The van der Waals surface area contributed by atoms with Crippen molar-refractivity contribution in [1.29, 1.82) is 0 Å². The van der Waals surface area contributed by atoms with Crippen molar-refractivity contribution in [3.63, 3.8) is 0 Å². The highest BCUT2D eigenvalue weighted by atomic mass is 16.7. The second-order valence-corrected chi connectivity index (χ2v) is 6.52. The van der Waals surface area contributed by atoms with E-state index in [-0.39, 0.29) is 0 Å². The summed E-state index contributed by atoms with van der Waals surface area (Å²) in [5.74, 6) is 0.402. The van der Waals surface area contributed by atoms with Gasteiger partial charge in [-0.1, -0.05) is 6.07 Å². The topological polar surface area (TPSA) is 57.8 Å². The average molecular weight is 311 g/mol. The van der Waals surface area contributed by atoms with Crippen LogP contribution in [0.4, 0.5) is 5.69 Å². The van der Waals surface area contributed by atoms with Crippen molar-refractivity contribution >= 4 is 29.3 Å². The van der Waals surface area contributed by atoms with Gasteiger partial charge in [-0.05, 0) is 39.2 Å². The fourth-order valence-corrected chi connectivity index (χ4v) is 2.43. The van der Waals surface area contributed by atoms with Crippen molar-refractivity contribution < 1.29 is 14.0 Å². The Morgan fingerprint density at radius 1 is 1.17 bits per heavy atom. The van der Waals surface area contributed by atoms with E-state index in [0.717, 1.165) is 0 Å². The van der Waals surface area contributed by atoms with Crippen LogP contribution in [-0.2, 0) is 9.31 Å². The molecule has 7 heteroatoms. The molecular formula is C16H18BN3O3. The van der Waals surface area contributed by atoms with Gasteiger partial charge in [0.1, 0.15) is 0 Å². The van der Waals surface area contributed by atoms with E-state index in [4.69, 9.17) is 20.6 Å². The van der Waals surface area contributed by atoms with Crippen LogP contribution >= 0.6 is 0 Å². The first kappa shape index (κ1) is 15.7. The van der Waals surface area contributed by atoms with E-state index in [9.17, 15) is 0 Å². The van der Waals surface area contributed by atoms with Crippen LogP contribution in [0, 0.1) is 6.57 Å². The van der Waals surface area contributed by atoms with Gasteiger partial charge in [0.15, 0.2) is 5.69 Å². The lowest BCUT2D eigenvalue weighted by atomic mass is 9.77. The summed E-state index contributed by atoms with van der Waals surface area (Å²) in [6.07, 6.45) is 1.55. The van der Waals surface area contributed by atoms with Crippen LogP contribution in [-0.4, -0.2) is 35.4 Å². The van der Waals surface area contributed by atoms with Crippen molar-refractivity contribution in [2.24, 2.45) is 0 Å². The van der Waals surface area contributed by atoms with Gasteiger partial charge in [-0.25, -0.2) is 14.8 Å². The lowest BCUT2D eigenvalue weighted by Gasteiger charge is -2.32. The van der Waals surface area contributed by atoms with Crippen molar-refractivity contribution in [3.8, 4) is 5.88 Å². The molecule has 1 aromatic carbocycles. The first-order valence-corrected chi connectivity index (χ1v) is 7.35. The zero-order valence-corrected chi connectivity index (χ0v) is 13.9. The highest BCUT2D eigenvalue weighted by molar-refractivity contribution is 6.65. The van der Waals surface area contributed by atoms with Gasteiger partial charge >= 0.3 is 7.12 Å². The smallest absolute Gasteiger partial charge is 0.480 e. The Labute approximate surface area is 135 Å². The average Bonchev–Trinajstić information content (AvgIpc) is 2.73. The highest BCUT2D eigenvalue weighted by Gasteiger charge is 2.52. The normalized spacial score (nSPS) is 18.9. The largest absolute Gasteiger partial charge is 0.495 e. The predicted octanol–water partition coefficient (Wildman–Crippen LogP) is 2.49. The van der Waals surface area contributed by atoms with Crippen LogP contribution in [0.15, 0.2) is 18.3 Å². The lowest BCUT2D eigenvalue weighted by molar-refractivity contribution is 0.00578. The Morgan fingerprint density at radius 3 is 2.39 bits per heavy atom. The summed E-state index contributed by atoms with van der Waals surface area (Å²) in [4.78, 5) is 12.3. The number of ether oxygens (including phenoxy) is 1. The van der Waals surface area contributed by atoms with Crippen molar-refractivity contribution in [1.82, 2.24) is 9.97 Å². The minimum absolute atomic E-state index is 0.402. The first-order valence-electron chi connectivity index (χ1n) is 7.35. The van der Waals surface area contributed by atoms with E-state index in [0.29, 0.717) is 28.1 Å². The molecule has 6 nitrogen and oxygen atoms in total. The Morgan fingerprint density at radius 2 is 1.83 bits per heavy atom. The maximum absolute atomic E-state index is 7.30. The van der Waals surface area contributed by atoms with Gasteiger partial charge in [-0.15, -0.1) is 0 Å². The molecule has 0 atom stereocenters. The molecule has 0 unspecified atom stereocenters. The molecule has 0 spiro atoms. The molecule has 1 aromatic heterocycles. The van der Waals surface area contributed by atoms with Gasteiger partial charge in [-0.3, -0.25) is 0 Å². The molecule has 1 saturated heterocycles. The summed E-state index contributed by atoms with van der Waals surface area (Å²) in [5.41, 5.74) is 1.49. The van der Waals surface area contributed by atoms with Gasteiger partial charge in [0.2, 0.25) is 5.88 Å². The zero-order chi connectivity index (χ0) is 16.8. The number of rotatable bonds is 2. The molecule has 0 bridgehead atoms. The van der Waals surface area contributed by atoms with Gasteiger partial charge < -0.3 is 14.0 Å². The van der Waals surface area contributed by atoms with E-state index >= 15 is 0 Å². The third-order valence-electron chi connectivity index (χ3n) is 4.48. The van der Waals surface area contributed by atoms with Crippen LogP contribution in [0.1, 0.15) is 27.7 Å². The number of aromatic nitrogens is 2. The maximum Gasteiger partial charge on any atom is 0.495 e. The molecule has 0 aliphatic carbocycles. The van der Waals surface area contributed by atoms with E-state index in [2.05, 4.69) is 14.8 Å². The van der Waals surface area contributed by atoms with E-state index in [1.807, 2.05) is 27.7 Å². The van der Waals surface area contributed by atoms with E-state index in [1.54, 1.807) is 18.3 Å². The molecule has 0 saturated carbocycles. The van der Waals surface area contributed by atoms with E-state index in [1.165, 1.54) is 7.11 Å². The SMILES string of the molecule is [C-]#[N+]c1cc(B2OC(C)(C)C(C)(C)O2)c2ncc(OC)nc2c1. The van der Waals surface area contributed by atoms with Crippen LogP contribution in [0.5, 0.6) is 5.88 Å². The number of nitrogens with zero attached hydrogens (tertiary/aromatic N) is 3. The Balaban J connectivity index is 2.16. The predicted molar refractivity (Wildman–Crippen MR) is 88.1 cm³/mol.